The summed E-state index contributed by atoms with van der Waals surface area (Å²) in [6.07, 6.45) is 2.49. The van der Waals surface area contributed by atoms with Crippen LogP contribution in [0.5, 0.6) is 0 Å². The van der Waals surface area contributed by atoms with Gasteiger partial charge in [0.2, 0.25) is 0 Å². The maximum atomic E-state index is 12.8. The van der Waals surface area contributed by atoms with Gasteiger partial charge in [0.1, 0.15) is 0 Å². The molecule has 0 bridgehead atoms. The molecule has 1 aromatic heterocycles. The topological polar surface area (TPSA) is 55.8 Å². The van der Waals surface area contributed by atoms with Gasteiger partial charge in [0.25, 0.3) is 5.91 Å². The van der Waals surface area contributed by atoms with Gasteiger partial charge in [0, 0.05) is 30.8 Å². The molecule has 0 spiro atoms. The second kappa shape index (κ2) is 7.57. The molecule has 0 aromatic carbocycles. The number of methoxy groups -OCH3 is 2. The monoisotopic (exact) mass is 335 g/mol. The number of aryl methyl sites for hydroxylation is 1. The van der Waals surface area contributed by atoms with E-state index in [1.54, 1.807) is 36.3 Å². The molecular weight excluding hydrogens is 314 g/mol. The Labute approximate surface area is 140 Å². The lowest BCUT2D eigenvalue weighted by atomic mass is 10.1. The van der Waals surface area contributed by atoms with E-state index in [9.17, 15) is 9.59 Å². The molecule has 0 saturated carbocycles. The molecule has 0 radical (unpaired) electrons. The van der Waals surface area contributed by atoms with Crippen LogP contribution in [0.4, 0.5) is 0 Å². The molecule has 1 amide bonds. The average molecular weight is 335 g/mol. The van der Waals surface area contributed by atoms with Gasteiger partial charge in [-0.15, -0.1) is 11.3 Å². The number of carbonyl (C=O) groups is 2. The molecule has 124 valence electrons. The predicted octanol–water partition coefficient (Wildman–Crippen LogP) is 2.77. The fraction of sp³-hybridized carbons (Fsp3) is 0.412. The molecule has 0 atom stereocenters. The van der Waals surface area contributed by atoms with E-state index in [2.05, 4.69) is 0 Å². The number of esters is 1. The van der Waals surface area contributed by atoms with Gasteiger partial charge in [0.05, 0.1) is 18.3 Å². The number of carbonyl (C=O) groups excluding carboxylic acids is 2. The Bertz CT molecular complexity index is 672. The number of amides is 1. The Kier molecular flexibility index (Phi) is 5.74. The number of ether oxygens (including phenoxy) is 2. The van der Waals surface area contributed by atoms with Crippen molar-refractivity contribution in [2.24, 2.45) is 0 Å². The third kappa shape index (κ3) is 3.54. The second-order valence-corrected chi connectivity index (χ2v) is 6.23. The summed E-state index contributed by atoms with van der Waals surface area (Å²) in [5.41, 5.74) is 2.47. The summed E-state index contributed by atoms with van der Waals surface area (Å²) in [5, 5.41) is 1.96. The Morgan fingerprint density at radius 3 is 2.65 bits per heavy atom. The minimum Gasteiger partial charge on any atom is -0.465 e. The normalized spacial score (nSPS) is 16.6. The summed E-state index contributed by atoms with van der Waals surface area (Å²) in [4.78, 5) is 27.5. The second-order valence-electron chi connectivity index (χ2n) is 5.28. The van der Waals surface area contributed by atoms with Gasteiger partial charge in [-0.25, -0.2) is 4.79 Å². The van der Waals surface area contributed by atoms with Crippen molar-refractivity contribution in [2.45, 2.75) is 20.3 Å². The quantitative estimate of drug-likeness (QED) is 0.456. The van der Waals surface area contributed by atoms with Gasteiger partial charge < -0.3 is 14.4 Å². The lowest BCUT2D eigenvalue weighted by Crippen LogP contribution is -2.26. The molecule has 23 heavy (non-hydrogen) atoms. The van der Waals surface area contributed by atoms with Crippen molar-refractivity contribution in [3.8, 4) is 0 Å². The molecule has 1 aliphatic heterocycles. The number of rotatable bonds is 6. The van der Waals surface area contributed by atoms with E-state index in [1.807, 2.05) is 18.4 Å². The molecule has 0 saturated heterocycles. The summed E-state index contributed by atoms with van der Waals surface area (Å²) in [6, 6.07) is 1.99. The Balaban J connectivity index is 2.40. The lowest BCUT2D eigenvalue weighted by molar-refractivity contribution is -0.136. The van der Waals surface area contributed by atoms with Crippen molar-refractivity contribution in [2.75, 3.05) is 27.4 Å². The van der Waals surface area contributed by atoms with Crippen LogP contribution in [0.3, 0.4) is 0 Å². The van der Waals surface area contributed by atoms with E-state index in [0.29, 0.717) is 36.4 Å². The van der Waals surface area contributed by atoms with Crippen LogP contribution in [0, 0.1) is 6.92 Å². The molecule has 1 aromatic rings. The van der Waals surface area contributed by atoms with Crippen molar-refractivity contribution in [1.82, 2.24) is 4.90 Å². The van der Waals surface area contributed by atoms with Crippen LogP contribution in [-0.2, 0) is 19.1 Å². The SMILES string of the molecule is COCCCN1C(=O)C(=Cc2sccc2C)C(C(=O)OC)=C1C. The fourth-order valence-corrected chi connectivity index (χ4v) is 3.39. The summed E-state index contributed by atoms with van der Waals surface area (Å²) < 4.78 is 9.91. The van der Waals surface area contributed by atoms with E-state index in [4.69, 9.17) is 9.47 Å². The third-order valence-corrected chi connectivity index (χ3v) is 4.77. The summed E-state index contributed by atoms with van der Waals surface area (Å²) in [5.74, 6) is -0.641. The highest BCUT2D eigenvalue weighted by atomic mass is 32.1. The minimum atomic E-state index is -0.481. The van der Waals surface area contributed by atoms with Crippen molar-refractivity contribution in [3.05, 3.63) is 38.7 Å². The summed E-state index contributed by atoms with van der Waals surface area (Å²) in [6.45, 7) is 4.83. The molecule has 0 unspecified atom stereocenters. The van der Waals surface area contributed by atoms with Gasteiger partial charge in [0.15, 0.2) is 0 Å². The van der Waals surface area contributed by atoms with Crippen LogP contribution in [0.2, 0.25) is 0 Å². The first-order chi connectivity index (χ1) is 11.0. The molecular formula is C17H21NO4S. The van der Waals surface area contributed by atoms with E-state index in [1.165, 1.54) is 7.11 Å². The lowest BCUT2D eigenvalue weighted by Gasteiger charge is -2.17. The first-order valence-corrected chi connectivity index (χ1v) is 8.25. The fourth-order valence-electron chi connectivity index (χ4n) is 2.53. The Hall–Kier alpha value is -1.92. The number of hydrogen-bond acceptors (Lipinski definition) is 5. The zero-order valence-corrected chi connectivity index (χ0v) is 14.7. The van der Waals surface area contributed by atoms with Crippen LogP contribution < -0.4 is 0 Å². The van der Waals surface area contributed by atoms with Crippen LogP contribution in [0.1, 0.15) is 23.8 Å². The van der Waals surface area contributed by atoms with Crippen molar-refractivity contribution in [3.63, 3.8) is 0 Å². The van der Waals surface area contributed by atoms with Gasteiger partial charge in [-0.05, 0) is 43.4 Å². The van der Waals surface area contributed by atoms with Gasteiger partial charge in [-0.3, -0.25) is 4.79 Å². The molecule has 2 rings (SSSR count). The van der Waals surface area contributed by atoms with Gasteiger partial charge in [-0.1, -0.05) is 0 Å². The molecule has 2 heterocycles. The van der Waals surface area contributed by atoms with Crippen LogP contribution in [-0.4, -0.2) is 44.1 Å². The van der Waals surface area contributed by atoms with E-state index in [-0.39, 0.29) is 5.91 Å². The molecule has 0 fully saturated rings. The Morgan fingerprint density at radius 2 is 2.09 bits per heavy atom. The van der Waals surface area contributed by atoms with Gasteiger partial charge >= 0.3 is 5.97 Å². The average Bonchev–Trinajstić information content (AvgIpc) is 3.03. The maximum Gasteiger partial charge on any atom is 0.340 e. The maximum absolute atomic E-state index is 12.8. The van der Waals surface area contributed by atoms with Crippen molar-refractivity contribution in [1.29, 1.82) is 0 Å². The van der Waals surface area contributed by atoms with Crippen LogP contribution in [0.25, 0.3) is 6.08 Å². The molecule has 5 nitrogen and oxygen atoms in total. The molecule has 0 N–H and O–H groups in total. The van der Waals surface area contributed by atoms with Gasteiger partial charge in [-0.2, -0.15) is 0 Å². The van der Waals surface area contributed by atoms with Crippen LogP contribution in [0.15, 0.2) is 28.3 Å². The highest BCUT2D eigenvalue weighted by Gasteiger charge is 2.36. The smallest absolute Gasteiger partial charge is 0.340 e. The highest BCUT2D eigenvalue weighted by molar-refractivity contribution is 7.11. The number of thiophene rings is 1. The zero-order chi connectivity index (χ0) is 17.0. The first kappa shape index (κ1) is 17.4. The number of hydrogen-bond donors (Lipinski definition) is 0. The standard InChI is InChI=1S/C17H21NO4S/c1-11-6-9-23-14(11)10-13-15(17(20)22-4)12(2)18(16(13)19)7-5-8-21-3/h6,9-10H,5,7-8H2,1-4H3. The Morgan fingerprint density at radius 1 is 1.35 bits per heavy atom. The summed E-state index contributed by atoms with van der Waals surface area (Å²) >= 11 is 1.54. The minimum absolute atomic E-state index is 0.160. The largest absolute Gasteiger partial charge is 0.465 e. The van der Waals surface area contributed by atoms with Crippen LogP contribution >= 0.6 is 11.3 Å². The molecule has 6 heteroatoms. The predicted molar refractivity (Wildman–Crippen MR) is 90.0 cm³/mol. The number of allylic oxidation sites excluding steroid dienone is 1. The zero-order valence-electron chi connectivity index (χ0n) is 13.8. The number of nitrogens with zero attached hydrogens (tertiary/aromatic N) is 1. The molecule has 1 aliphatic rings. The third-order valence-electron chi connectivity index (χ3n) is 3.81. The van der Waals surface area contributed by atoms with Crippen molar-refractivity contribution < 1.29 is 19.1 Å². The first-order valence-electron chi connectivity index (χ1n) is 7.37. The van der Waals surface area contributed by atoms with E-state index < -0.39 is 5.97 Å². The van der Waals surface area contributed by atoms with E-state index in [0.717, 1.165) is 10.4 Å². The van der Waals surface area contributed by atoms with E-state index >= 15 is 0 Å². The van der Waals surface area contributed by atoms with Crippen molar-refractivity contribution >= 4 is 29.3 Å². The highest BCUT2D eigenvalue weighted by Crippen LogP contribution is 2.33. The summed E-state index contributed by atoms with van der Waals surface area (Å²) in [7, 11) is 2.95. The molecule has 0 aliphatic carbocycles.